The highest BCUT2D eigenvalue weighted by molar-refractivity contribution is 6.28. The Kier molecular flexibility index (Phi) is 6.33. The number of hydrogen-bond acceptors (Lipinski definition) is 6. The zero-order valence-electron chi connectivity index (χ0n) is 12.1. The molecule has 7 nitrogen and oxygen atoms in total. The average Bonchev–Trinajstić information content (AvgIpc) is 3.00. The predicted octanol–water partition coefficient (Wildman–Crippen LogP) is 2.85. The molecule has 0 unspecified atom stereocenters. The van der Waals surface area contributed by atoms with Gasteiger partial charge in [0, 0.05) is 0 Å². The second-order valence-electron chi connectivity index (χ2n) is 4.64. The highest BCUT2D eigenvalue weighted by atomic mass is 35.5. The molecule has 0 saturated carbocycles. The largest absolute Gasteiger partial charge is 0.463 e. The van der Waals surface area contributed by atoms with Gasteiger partial charge in [0.1, 0.15) is 12.7 Å². The first kappa shape index (κ1) is 15.6. The molecular formula is C13H19ClN6O. The molecule has 114 valence electrons. The van der Waals surface area contributed by atoms with Crippen LogP contribution in [0.5, 0.6) is 6.01 Å². The number of aromatic nitrogens is 6. The van der Waals surface area contributed by atoms with E-state index in [1.807, 2.05) is 0 Å². The Labute approximate surface area is 128 Å². The molecule has 2 heterocycles. The first-order valence-electron chi connectivity index (χ1n) is 7.19. The molecule has 0 bridgehead atoms. The van der Waals surface area contributed by atoms with Crippen LogP contribution in [-0.2, 0) is 0 Å². The van der Waals surface area contributed by atoms with Crippen molar-refractivity contribution >= 4 is 11.6 Å². The van der Waals surface area contributed by atoms with Crippen molar-refractivity contribution in [1.82, 2.24) is 29.7 Å². The summed E-state index contributed by atoms with van der Waals surface area (Å²) < 4.78 is 6.93. The first-order valence-corrected chi connectivity index (χ1v) is 7.56. The van der Waals surface area contributed by atoms with Crippen molar-refractivity contribution in [3.05, 3.63) is 17.9 Å². The Balaban J connectivity index is 1.81. The molecule has 0 aliphatic rings. The van der Waals surface area contributed by atoms with Gasteiger partial charge < -0.3 is 4.74 Å². The third-order valence-electron chi connectivity index (χ3n) is 2.93. The van der Waals surface area contributed by atoms with Gasteiger partial charge in [0.25, 0.3) is 5.95 Å². The number of rotatable bonds is 9. The van der Waals surface area contributed by atoms with Crippen molar-refractivity contribution in [3.63, 3.8) is 0 Å². The molecular weight excluding hydrogens is 292 g/mol. The fourth-order valence-electron chi connectivity index (χ4n) is 1.85. The normalized spacial score (nSPS) is 10.8. The number of ether oxygens (including phenoxy) is 1. The minimum Gasteiger partial charge on any atom is -0.463 e. The van der Waals surface area contributed by atoms with Crippen molar-refractivity contribution in [2.24, 2.45) is 0 Å². The maximum atomic E-state index is 5.86. The Bertz CT molecular complexity index is 533. The smallest absolute Gasteiger partial charge is 0.322 e. The summed E-state index contributed by atoms with van der Waals surface area (Å²) in [5, 5.41) is 4.02. The summed E-state index contributed by atoms with van der Waals surface area (Å²) in [6, 6.07) is 0.217. The summed E-state index contributed by atoms with van der Waals surface area (Å²) in [7, 11) is 0. The van der Waals surface area contributed by atoms with Crippen molar-refractivity contribution in [2.45, 2.75) is 45.4 Å². The lowest BCUT2D eigenvalue weighted by atomic mass is 10.1. The predicted molar refractivity (Wildman–Crippen MR) is 78.6 cm³/mol. The van der Waals surface area contributed by atoms with E-state index >= 15 is 0 Å². The molecule has 21 heavy (non-hydrogen) atoms. The van der Waals surface area contributed by atoms with Crippen LogP contribution < -0.4 is 4.74 Å². The van der Waals surface area contributed by atoms with Crippen LogP contribution in [0, 0.1) is 0 Å². The quantitative estimate of drug-likeness (QED) is 0.663. The van der Waals surface area contributed by atoms with Crippen LogP contribution in [0.3, 0.4) is 0 Å². The Hall–Kier alpha value is -1.76. The van der Waals surface area contributed by atoms with Crippen LogP contribution >= 0.6 is 11.6 Å². The van der Waals surface area contributed by atoms with Gasteiger partial charge >= 0.3 is 6.01 Å². The topological polar surface area (TPSA) is 78.6 Å². The van der Waals surface area contributed by atoms with Crippen LogP contribution in [0.1, 0.15) is 45.4 Å². The van der Waals surface area contributed by atoms with E-state index in [2.05, 4.69) is 32.0 Å². The summed E-state index contributed by atoms with van der Waals surface area (Å²) in [5.74, 6) is 0.297. The van der Waals surface area contributed by atoms with Crippen molar-refractivity contribution < 1.29 is 4.74 Å². The summed E-state index contributed by atoms with van der Waals surface area (Å²) in [5.41, 5.74) is 0. The van der Waals surface area contributed by atoms with Gasteiger partial charge in [-0.3, -0.25) is 0 Å². The highest BCUT2D eigenvalue weighted by Gasteiger charge is 2.08. The minimum absolute atomic E-state index is 0.0773. The average molecular weight is 311 g/mol. The first-order chi connectivity index (χ1) is 10.3. The van der Waals surface area contributed by atoms with E-state index in [0.717, 1.165) is 12.8 Å². The summed E-state index contributed by atoms with van der Waals surface area (Å²) in [4.78, 5) is 15.9. The molecule has 0 radical (unpaired) electrons. The number of hydrogen-bond donors (Lipinski definition) is 0. The monoisotopic (exact) mass is 310 g/mol. The Morgan fingerprint density at radius 1 is 1.10 bits per heavy atom. The third kappa shape index (κ3) is 5.26. The maximum absolute atomic E-state index is 5.86. The van der Waals surface area contributed by atoms with Gasteiger partial charge in [-0.05, 0) is 18.0 Å². The molecule has 0 N–H and O–H groups in total. The van der Waals surface area contributed by atoms with Crippen LogP contribution in [-0.4, -0.2) is 36.3 Å². The number of unbranched alkanes of at least 4 members (excludes halogenated alkanes) is 5. The molecule has 0 fully saturated rings. The van der Waals surface area contributed by atoms with Gasteiger partial charge in [0.2, 0.25) is 5.28 Å². The van der Waals surface area contributed by atoms with Crippen molar-refractivity contribution in [1.29, 1.82) is 0 Å². The lowest BCUT2D eigenvalue weighted by molar-refractivity contribution is 0.279. The van der Waals surface area contributed by atoms with Crippen LogP contribution in [0.2, 0.25) is 5.28 Å². The van der Waals surface area contributed by atoms with E-state index in [1.54, 1.807) is 0 Å². The van der Waals surface area contributed by atoms with Gasteiger partial charge in [-0.1, -0.05) is 39.0 Å². The van der Waals surface area contributed by atoms with Gasteiger partial charge in [0.15, 0.2) is 0 Å². The molecule has 0 atom stereocenters. The van der Waals surface area contributed by atoms with E-state index in [4.69, 9.17) is 16.3 Å². The van der Waals surface area contributed by atoms with Crippen LogP contribution in [0.25, 0.3) is 5.95 Å². The molecule has 0 aliphatic heterocycles. The maximum Gasteiger partial charge on any atom is 0.322 e. The molecule has 0 spiro atoms. The Morgan fingerprint density at radius 3 is 2.67 bits per heavy atom. The van der Waals surface area contributed by atoms with Gasteiger partial charge in [-0.2, -0.15) is 24.7 Å². The highest BCUT2D eigenvalue weighted by Crippen LogP contribution is 2.11. The van der Waals surface area contributed by atoms with Gasteiger partial charge in [-0.15, -0.1) is 0 Å². The van der Waals surface area contributed by atoms with Gasteiger partial charge in [0.05, 0.1) is 6.61 Å². The van der Waals surface area contributed by atoms with Crippen LogP contribution in [0.15, 0.2) is 12.7 Å². The molecule has 2 aromatic heterocycles. The van der Waals surface area contributed by atoms with Crippen molar-refractivity contribution in [2.75, 3.05) is 6.61 Å². The second kappa shape index (κ2) is 8.51. The summed E-state index contributed by atoms with van der Waals surface area (Å²) in [6.07, 6.45) is 10.1. The number of halogens is 1. The van der Waals surface area contributed by atoms with E-state index in [0.29, 0.717) is 12.6 Å². The summed E-state index contributed by atoms with van der Waals surface area (Å²) in [6.45, 7) is 2.78. The van der Waals surface area contributed by atoms with Crippen molar-refractivity contribution in [3.8, 4) is 12.0 Å². The molecule has 2 rings (SSSR count). The fraction of sp³-hybridized carbons (Fsp3) is 0.615. The zero-order chi connectivity index (χ0) is 14.9. The Morgan fingerprint density at radius 2 is 1.90 bits per heavy atom. The molecule has 0 amide bonds. The molecule has 0 aliphatic carbocycles. The SMILES string of the molecule is CCCCCCCCOc1nc(Cl)nc(-n2cncn2)n1. The zero-order valence-corrected chi connectivity index (χ0v) is 12.8. The van der Waals surface area contributed by atoms with E-state index in [-0.39, 0.29) is 11.3 Å². The summed E-state index contributed by atoms with van der Waals surface area (Å²) >= 11 is 5.86. The van der Waals surface area contributed by atoms with E-state index in [1.165, 1.54) is 43.0 Å². The van der Waals surface area contributed by atoms with Gasteiger partial charge in [-0.25, -0.2) is 4.98 Å². The lowest BCUT2D eigenvalue weighted by Gasteiger charge is -2.06. The van der Waals surface area contributed by atoms with Crippen LogP contribution in [0.4, 0.5) is 0 Å². The number of nitrogens with zero attached hydrogens (tertiary/aromatic N) is 6. The standard InChI is InChI=1S/C13H19ClN6O/c1-2-3-4-5-6-7-8-21-13-18-11(14)17-12(19-13)20-10-15-9-16-20/h9-10H,2-8H2,1H3. The van der Waals surface area contributed by atoms with E-state index in [9.17, 15) is 0 Å². The lowest BCUT2D eigenvalue weighted by Crippen LogP contribution is -2.07. The minimum atomic E-state index is 0.0773. The van der Waals surface area contributed by atoms with E-state index < -0.39 is 0 Å². The second-order valence-corrected chi connectivity index (χ2v) is 4.98. The molecule has 2 aromatic rings. The third-order valence-corrected chi connectivity index (χ3v) is 3.10. The molecule has 0 aromatic carbocycles. The fourth-order valence-corrected chi connectivity index (χ4v) is 1.99. The molecule has 8 heteroatoms. The molecule has 0 saturated heterocycles.